The Bertz CT molecular complexity index is 2290. The fourth-order valence-corrected chi connectivity index (χ4v) is 10.1. The normalized spacial score (nSPS) is 24.3. The van der Waals surface area contributed by atoms with E-state index in [0.29, 0.717) is 41.0 Å². The fourth-order valence-electron chi connectivity index (χ4n) is 9.93. The number of carbonyl (C=O) groups is 5. The van der Waals surface area contributed by atoms with Crippen molar-refractivity contribution in [3.63, 3.8) is 0 Å². The molecule has 5 amide bonds. The first-order valence-electron chi connectivity index (χ1n) is 21.2. The summed E-state index contributed by atoms with van der Waals surface area (Å²) in [5, 5.41) is 14.8. The molecule has 3 aromatic rings. The Morgan fingerprint density at radius 1 is 0.918 bits per heavy atom. The molecule has 1 atom stereocenters. The van der Waals surface area contributed by atoms with Crippen LogP contribution in [0.15, 0.2) is 42.7 Å². The van der Waals surface area contributed by atoms with Crippen LogP contribution in [0.1, 0.15) is 101 Å². The summed E-state index contributed by atoms with van der Waals surface area (Å²) < 4.78 is 21.5. The first-order chi connectivity index (χ1) is 29.5. The van der Waals surface area contributed by atoms with Crippen molar-refractivity contribution in [1.82, 2.24) is 30.4 Å². The van der Waals surface area contributed by atoms with E-state index in [1.807, 2.05) is 11.0 Å². The number of likely N-dealkylation sites (tertiary alicyclic amines) is 1. The molecule has 6 aliphatic rings. The summed E-state index contributed by atoms with van der Waals surface area (Å²) in [4.78, 5) is 80.2. The number of halogens is 2. The Balaban J connectivity index is 0.692. The van der Waals surface area contributed by atoms with Crippen LogP contribution in [0, 0.1) is 28.5 Å². The Labute approximate surface area is 357 Å². The van der Waals surface area contributed by atoms with Crippen molar-refractivity contribution < 1.29 is 33.1 Å². The third-order valence-corrected chi connectivity index (χ3v) is 13.8. The van der Waals surface area contributed by atoms with Crippen LogP contribution in [-0.2, 0) is 9.59 Å². The molecule has 0 bridgehead atoms. The van der Waals surface area contributed by atoms with Crippen LogP contribution >= 0.6 is 11.6 Å². The molecule has 318 valence electrons. The standard InChI is InChI=1S/C44H47ClFN9O6/c45-33-17-30(4-1-27(33)20-47)61-29-5-2-28(3-6-29)50-40(57)35-21-49-38(22-48-35)54-24-44(25-54)11-15-52(16-12-44)23-26-9-13-53(14-10-26)37-19-32-31(18-34(37)46)42(59)55(43(32)60)36-7-8-39(56)51-41(36)58/h1,4,17-19,21-22,26,28-29,36H,2-3,5-16,23-25H2,(H,50,57)(H,51,56,58). The van der Waals surface area contributed by atoms with Crippen LogP contribution in [0.5, 0.6) is 5.75 Å². The zero-order valence-corrected chi connectivity index (χ0v) is 34.5. The lowest BCUT2D eigenvalue weighted by Gasteiger charge is -2.54. The van der Waals surface area contributed by atoms with Gasteiger partial charge in [0.15, 0.2) is 0 Å². The second-order valence-corrected chi connectivity index (χ2v) is 17.9. The molecule has 2 N–H and O–H groups in total. The first-order valence-corrected chi connectivity index (χ1v) is 21.6. The summed E-state index contributed by atoms with van der Waals surface area (Å²) in [6.07, 6.45) is 10.4. The van der Waals surface area contributed by atoms with Crippen LogP contribution in [0.25, 0.3) is 0 Å². The van der Waals surface area contributed by atoms with Gasteiger partial charge in [-0.1, -0.05) is 11.6 Å². The van der Waals surface area contributed by atoms with E-state index in [1.54, 1.807) is 30.6 Å². The van der Waals surface area contributed by atoms with E-state index in [1.165, 1.54) is 6.07 Å². The number of nitriles is 1. The summed E-state index contributed by atoms with van der Waals surface area (Å²) in [5.74, 6) is -1.43. The van der Waals surface area contributed by atoms with E-state index in [2.05, 4.69) is 30.4 Å². The lowest BCUT2D eigenvalue weighted by atomic mass is 9.72. The van der Waals surface area contributed by atoms with Crippen LogP contribution in [0.2, 0.25) is 5.02 Å². The number of ether oxygens (including phenoxy) is 1. The van der Waals surface area contributed by atoms with Crippen molar-refractivity contribution in [3.05, 3.63) is 75.9 Å². The molecule has 1 aromatic heterocycles. The second kappa shape index (κ2) is 16.7. The van der Waals surface area contributed by atoms with Gasteiger partial charge in [0.2, 0.25) is 11.8 Å². The molecule has 1 unspecified atom stereocenters. The number of imide groups is 2. The molecule has 17 heteroatoms. The largest absolute Gasteiger partial charge is 0.490 e. The zero-order valence-electron chi connectivity index (χ0n) is 33.7. The summed E-state index contributed by atoms with van der Waals surface area (Å²) in [6, 6.07) is 8.62. The van der Waals surface area contributed by atoms with E-state index in [0.717, 1.165) is 101 Å². The highest BCUT2D eigenvalue weighted by atomic mass is 35.5. The van der Waals surface area contributed by atoms with Crippen LogP contribution in [-0.4, -0.2) is 113 Å². The third kappa shape index (κ3) is 8.25. The van der Waals surface area contributed by atoms with E-state index < -0.39 is 35.5 Å². The number of amides is 5. The maximum Gasteiger partial charge on any atom is 0.271 e. The molecule has 5 fully saturated rings. The molecule has 9 rings (SSSR count). The first kappa shape index (κ1) is 40.7. The number of fused-ring (bicyclic) bond motifs is 1. The smallest absolute Gasteiger partial charge is 0.271 e. The number of rotatable bonds is 9. The second-order valence-electron chi connectivity index (χ2n) is 17.5. The molecule has 15 nitrogen and oxygen atoms in total. The molecule has 4 saturated heterocycles. The molecule has 5 aliphatic heterocycles. The predicted octanol–water partition coefficient (Wildman–Crippen LogP) is 4.48. The quantitative estimate of drug-likeness (QED) is 0.289. The molecular weight excluding hydrogens is 805 g/mol. The molecule has 6 heterocycles. The highest BCUT2D eigenvalue weighted by Crippen LogP contribution is 2.42. The van der Waals surface area contributed by atoms with Gasteiger partial charge >= 0.3 is 0 Å². The third-order valence-electron chi connectivity index (χ3n) is 13.5. The Morgan fingerprint density at radius 2 is 1.64 bits per heavy atom. The van der Waals surface area contributed by atoms with Crippen molar-refractivity contribution in [2.24, 2.45) is 11.3 Å². The van der Waals surface area contributed by atoms with E-state index >= 15 is 4.39 Å². The molecule has 2 aromatic carbocycles. The Hall–Kier alpha value is -5.66. The number of carbonyl (C=O) groups excluding carboxylic acids is 5. The Morgan fingerprint density at radius 3 is 2.30 bits per heavy atom. The summed E-state index contributed by atoms with van der Waals surface area (Å²) >= 11 is 6.15. The van der Waals surface area contributed by atoms with Gasteiger partial charge in [-0.05, 0) is 101 Å². The molecule has 1 spiro atoms. The highest BCUT2D eigenvalue weighted by molar-refractivity contribution is 6.31. The minimum Gasteiger partial charge on any atom is -0.490 e. The van der Waals surface area contributed by atoms with Crippen LogP contribution < -0.4 is 25.2 Å². The van der Waals surface area contributed by atoms with Gasteiger partial charge in [0.05, 0.1) is 45.9 Å². The summed E-state index contributed by atoms with van der Waals surface area (Å²) in [5.41, 5.74) is 1.27. The summed E-state index contributed by atoms with van der Waals surface area (Å²) in [7, 11) is 0. The molecule has 0 radical (unpaired) electrons. The van der Waals surface area contributed by atoms with E-state index in [9.17, 15) is 24.0 Å². The van der Waals surface area contributed by atoms with Gasteiger partial charge in [0.25, 0.3) is 17.7 Å². The van der Waals surface area contributed by atoms with Crippen LogP contribution in [0.3, 0.4) is 0 Å². The maximum absolute atomic E-state index is 15.5. The van der Waals surface area contributed by atoms with Crippen molar-refractivity contribution in [3.8, 4) is 11.8 Å². The minimum atomic E-state index is -1.09. The summed E-state index contributed by atoms with van der Waals surface area (Å²) in [6.45, 7) is 6.07. The number of benzene rings is 2. The van der Waals surface area contributed by atoms with Gasteiger partial charge < -0.3 is 24.8 Å². The molecule has 1 aliphatic carbocycles. The SMILES string of the molecule is N#Cc1ccc(OC2CCC(NC(=O)c3cnc(N4CC5(CCN(CC6CCN(c7cc8c(cc7F)C(=O)N(C7CCC(=O)NC7=O)C8=O)CC6)CC5)C4)cn3)CC2)cc1Cl. The van der Waals surface area contributed by atoms with Crippen LogP contribution in [0.4, 0.5) is 15.9 Å². The molecule has 1 saturated carbocycles. The molecule has 61 heavy (non-hydrogen) atoms. The van der Waals surface area contributed by atoms with Gasteiger partial charge in [0, 0.05) is 56.7 Å². The lowest BCUT2D eigenvalue weighted by Crippen LogP contribution is -2.61. The van der Waals surface area contributed by atoms with E-state index in [-0.39, 0.29) is 53.1 Å². The van der Waals surface area contributed by atoms with Gasteiger partial charge in [-0.3, -0.25) is 34.2 Å². The Kier molecular flexibility index (Phi) is 11.1. The number of piperidine rings is 3. The zero-order chi connectivity index (χ0) is 42.4. The number of hydrogen-bond acceptors (Lipinski definition) is 12. The highest BCUT2D eigenvalue weighted by Gasteiger charge is 2.47. The fraction of sp³-hybridized carbons (Fsp3) is 0.500. The maximum atomic E-state index is 15.5. The average Bonchev–Trinajstić information content (AvgIpc) is 3.48. The predicted molar refractivity (Wildman–Crippen MR) is 221 cm³/mol. The average molecular weight is 852 g/mol. The molecular formula is C44H47ClFN9O6. The van der Waals surface area contributed by atoms with Gasteiger partial charge in [-0.15, -0.1) is 0 Å². The number of nitrogens with zero attached hydrogens (tertiary/aromatic N) is 7. The van der Waals surface area contributed by atoms with Crippen molar-refractivity contribution in [2.45, 2.75) is 82.4 Å². The van der Waals surface area contributed by atoms with Gasteiger partial charge in [-0.25, -0.2) is 14.4 Å². The number of nitrogens with one attached hydrogen (secondary N) is 2. The van der Waals surface area contributed by atoms with Crippen molar-refractivity contribution in [2.75, 3.05) is 55.6 Å². The number of anilines is 2. The lowest BCUT2D eigenvalue weighted by molar-refractivity contribution is -0.136. The van der Waals surface area contributed by atoms with Crippen molar-refractivity contribution in [1.29, 1.82) is 5.26 Å². The van der Waals surface area contributed by atoms with E-state index in [4.69, 9.17) is 21.6 Å². The number of aromatic nitrogens is 2. The monoisotopic (exact) mass is 851 g/mol. The van der Waals surface area contributed by atoms with Gasteiger partial charge in [-0.2, -0.15) is 5.26 Å². The topological polar surface area (TPSA) is 181 Å². The minimum absolute atomic E-state index is 0.0140. The number of hydrogen-bond donors (Lipinski definition) is 2. The van der Waals surface area contributed by atoms with Crippen molar-refractivity contribution >= 4 is 52.6 Å². The van der Waals surface area contributed by atoms with Gasteiger partial charge in [0.1, 0.15) is 35.2 Å².